The number of fused-ring (bicyclic) bond motifs is 2. The van der Waals surface area contributed by atoms with Crippen molar-refractivity contribution in [1.82, 2.24) is 25.2 Å². The Kier molecular flexibility index (Phi) is 9.26. The molecule has 0 radical (unpaired) electrons. The quantitative estimate of drug-likeness (QED) is 0.108. The van der Waals surface area contributed by atoms with E-state index in [4.69, 9.17) is 16.1 Å². The van der Waals surface area contributed by atoms with Gasteiger partial charge in [-0.3, -0.25) is 9.88 Å². The second-order valence-corrected chi connectivity index (χ2v) is 14.0. The van der Waals surface area contributed by atoms with Gasteiger partial charge >= 0.3 is 12.2 Å². The van der Waals surface area contributed by atoms with Crippen LogP contribution in [-0.2, 0) is 0 Å². The van der Waals surface area contributed by atoms with Gasteiger partial charge in [0.05, 0.1) is 17.6 Å². The number of phenolic OH excluding ortho intramolecular Hbond substituents is 1. The number of hydrogen-bond acceptors (Lipinski definition) is 8. The number of benzene rings is 2. The van der Waals surface area contributed by atoms with Crippen LogP contribution in [0.2, 0.25) is 0 Å². The number of terminal acetylenes is 1. The number of alkyl halides is 3. The molecular weight excluding hydrogens is 667 g/mol. The molecule has 8 nitrogen and oxygen atoms in total. The Labute approximate surface area is 292 Å². The minimum absolute atomic E-state index is 0.0338. The second-order valence-electron chi connectivity index (χ2n) is 14.0. The van der Waals surface area contributed by atoms with Gasteiger partial charge < -0.3 is 20.1 Å². The first-order valence-electron chi connectivity index (χ1n) is 17.3. The summed E-state index contributed by atoms with van der Waals surface area (Å²) in [4.78, 5) is 18.0. The van der Waals surface area contributed by atoms with Crippen molar-refractivity contribution >= 4 is 27.5 Å². The van der Waals surface area contributed by atoms with Gasteiger partial charge in [-0.1, -0.05) is 31.9 Å². The first-order chi connectivity index (χ1) is 24.4. The Morgan fingerprint density at radius 3 is 2.47 bits per heavy atom. The van der Waals surface area contributed by atoms with Gasteiger partial charge in [0.15, 0.2) is 5.82 Å². The van der Waals surface area contributed by atoms with Crippen molar-refractivity contribution in [2.45, 2.75) is 64.2 Å². The third kappa shape index (κ3) is 6.91. The van der Waals surface area contributed by atoms with Crippen molar-refractivity contribution in [1.29, 1.82) is 0 Å². The molecular formula is C38H39F5N6O2. The Balaban J connectivity index is 1.28. The van der Waals surface area contributed by atoms with E-state index in [0.29, 0.717) is 42.8 Å². The number of halogens is 5. The topological polar surface area (TPSA) is 86.6 Å². The Morgan fingerprint density at radius 2 is 1.84 bits per heavy atom. The fourth-order valence-corrected chi connectivity index (χ4v) is 7.31. The molecule has 2 aromatic carbocycles. The Hall–Kier alpha value is -4.54. The smallest absolute Gasteiger partial charge is 0.412 e. The van der Waals surface area contributed by atoms with Crippen LogP contribution in [0.25, 0.3) is 32.9 Å². The van der Waals surface area contributed by atoms with Gasteiger partial charge in [-0.05, 0) is 55.7 Å². The molecule has 4 heterocycles. The minimum Gasteiger partial charge on any atom is -0.508 e. The molecule has 1 saturated carbocycles. The van der Waals surface area contributed by atoms with Crippen LogP contribution in [0, 0.1) is 29.4 Å². The molecule has 0 bridgehead atoms. The number of pyridine rings is 1. The molecule has 2 aliphatic heterocycles. The van der Waals surface area contributed by atoms with E-state index in [1.807, 2.05) is 4.90 Å². The third-order valence-electron chi connectivity index (χ3n) is 10.4. The molecule has 2 fully saturated rings. The zero-order valence-electron chi connectivity index (χ0n) is 28.5. The maximum atomic E-state index is 16.9. The first kappa shape index (κ1) is 34.9. The van der Waals surface area contributed by atoms with Crippen LogP contribution in [0.1, 0.15) is 51.5 Å². The number of piperazine rings is 1. The van der Waals surface area contributed by atoms with Crippen LogP contribution >= 0.6 is 0 Å². The standard InChI is InChI=1S/C38H39F5N6O2/c1-4-24-18-49(19-25(5-2)45-24)35-29-17-44-33(28-16-26(50)15-22-7-8-30(39)27(6-3)31(22)28)32(40)34(29)46-36(47-35)51-21-37(11-12-37)20-48-13-9-23(10-14-48)38(41,42)43/h3,7-9,15-17,24-25,45,50H,4-5,10-14,18-21H2,1-2H3. The number of phenols is 1. The summed E-state index contributed by atoms with van der Waals surface area (Å²) in [5, 5.41) is 15.2. The molecule has 0 amide bonds. The summed E-state index contributed by atoms with van der Waals surface area (Å²) < 4.78 is 77.6. The average Bonchev–Trinajstić information content (AvgIpc) is 3.89. The van der Waals surface area contributed by atoms with Crippen LogP contribution in [0.4, 0.5) is 27.8 Å². The number of anilines is 1. The van der Waals surface area contributed by atoms with E-state index in [0.717, 1.165) is 25.7 Å². The number of nitrogens with zero attached hydrogens (tertiary/aromatic N) is 5. The number of rotatable bonds is 9. The zero-order chi connectivity index (χ0) is 36.1. The fourth-order valence-electron chi connectivity index (χ4n) is 7.31. The molecule has 2 unspecified atom stereocenters. The Bertz CT molecular complexity index is 2050. The summed E-state index contributed by atoms with van der Waals surface area (Å²) in [5.41, 5.74) is -0.970. The second kappa shape index (κ2) is 13.5. The highest BCUT2D eigenvalue weighted by molar-refractivity contribution is 6.03. The molecule has 0 spiro atoms. The monoisotopic (exact) mass is 706 g/mol. The molecule has 13 heteroatoms. The number of aromatic hydroxyl groups is 1. The predicted molar refractivity (Wildman–Crippen MR) is 186 cm³/mol. The van der Waals surface area contributed by atoms with E-state index in [1.165, 1.54) is 36.5 Å². The van der Waals surface area contributed by atoms with Gasteiger partial charge in [0, 0.05) is 72.9 Å². The molecule has 268 valence electrons. The largest absolute Gasteiger partial charge is 0.508 e. The van der Waals surface area contributed by atoms with Gasteiger partial charge in [0.1, 0.15) is 28.6 Å². The van der Waals surface area contributed by atoms with Crippen LogP contribution in [0.15, 0.2) is 42.1 Å². The highest BCUT2D eigenvalue weighted by atomic mass is 19.4. The van der Waals surface area contributed by atoms with Crippen LogP contribution in [0.5, 0.6) is 11.8 Å². The first-order valence-corrected chi connectivity index (χ1v) is 17.3. The fraction of sp³-hybridized carbons (Fsp3) is 0.447. The molecule has 1 saturated heterocycles. The van der Waals surface area contributed by atoms with E-state index >= 15 is 4.39 Å². The summed E-state index contributed by atoms with van der Waals surface area (Å²) in [6.07, 6.45) is 7.46. The summed E-state index contributed by atoms with van der Waals surface area (Å²) in [7, 11) is 0. The maximum absolute atomic E-state index is 16.9. The van der Waals surface area contributed by atoms with Gasteiger partial charge in [-0.25, -0.2) is 8.78 Å². The van der Waals surface area contributed by atoms with E-state index in [-0.39, 0.29) is 76.6 Å². The van der Waals surface area contributed by atoms with Gasteiger partial charge in [-0.15, -0.1) is 6.42 Å². The van der Waals surface area contributed by atoms with E-state index in [9.17, 15) is 22.7 Å². The maximum Gasteiger partial charge on any atom is 0.412 e. The number of ether oxygens (including phenoxy) is 1. The van der Waals surface area contributed by atoms with Crippen molar-refractivity contribution in [3.63, 3.8) is 0 Å². The number of aromatic nitrogens is 3. The van der Waals surface area contributed by atoms with Gasteiger partial charge in [-0.2, -0.15) is 23.1 Å². The molecule has 2 atom stereocenters. The molecule has 2 aromatic heterocycles. The number of hydrogen-bond donors (Lipinski definition) is 2. The van der Waals surface area contributed by atoms with E-state index < -0.39 is 23.4 Å². The SMILES string of the molecule is C#Cc1c(F)ccc2cc(O)cc(-c3ncc4c(N5CC(CC)NC(CC)C5)nc(OCC5(CN6CC=C(C(F)(F)F)CC6)CC5)nc4c3F)c12. The van der Waals surface area contributed by atoms with Crippen LogP contribution < -0.4 is 15.0 Å². The molecule has 7 rings (SSSR count). The molecule has 2 N–H and O–H groups in total. The minimum atomic E-state index is -4.31. The zero-order valence-corrected chi connectivity index (χ0v) is 28.5. The summed E-state index contributed by atoms with van der Waals surface area (Å²) in [5.74, 6) is 1.18. The van der Waals surface area contributed by atoms with E-state index in [2.05, 4.69) is 40.0 Å². The summed E-state index contributed by atoms with van der Waals surface area (Å²) in [6.45, 7) is 6.69. The molecule has 1 aliphatic carbocycles. The Morgan fingerprint density at radius 1 is 1.10 bits per heavy atom. The highest BCUT2D eigenvalue weighted by Gasteiger charge is 2.46. The lowest BCUT2D eigenvalue weighted by Gasteiger charge is -2.39. The lowest BCUT2D eigenvalue weighted by molar-refractivity contribution is -0.0961. The molecule has 3 aliphatic rings. The molecule has 4 aromatic rings. The number of nitrogens with one attached hydrogen (secondary N) is 1. The predicted octanol–water partition coefficient (Wildman–Crippen LogP) is 7.13. The van der Waals surface area contributed by atoms with Crippen LogP contribution in [0.3, 0.4) is 0 Å². The van der Waals surface area contributed by atoms with E-state index in [1.54, 1.807) is 0 Å². The highest BCUT2D eigenvalue weighted by Crippen LogP contribution is 2.47. The van der Waals surface area contributed by atoms with Crippen molar-refractivity contribution in [3.05, 3.63) is 59.3 Å². The molecule has 51 heavy (non-hydrogen) atoms. The lowest BCUT2D eigenvalue weighted by Crippen LogP contribution is -2.56. The van der Waals surface area contributed by atoms with Gasteiger partial charge in [0.25, 0.3) is 0 Å². The van der Waals surface area contributed by atoms with Gasteiger partial charge in [0.2, 0.25) is 0 Å². The lowest BCUT2D eigenvalue weighted by atomic mass is 9.95. The normalized spacial score (nSPS) is 20.7. The third-order valence-corrected chi connectivity index (χ3v) is 10.4. The van der Waals surface area contributed by atoms with Crippen molar-refractivity contribution < 1.29 is 31.8 Å². The summed E-state index contributed by atoms with van der Waals surface area (Å²) in [6, 6.07) is 5.68. The van der Waals surface area contributed by atoms with Crippen molar-refractivity contribution in [2.75, 3.05) is 44.2 Å². The van der Waals surface area contributed by atoms with Crippen molar-refractivity contribution in [2.24, 2.45) is 5.41 Å². The summed E-state index contributed by atoms with van der Waals surface area (Å²) >= 11 is 0. The van der Waals surface area contributed by atoms with Crippen molar-refractivity contribution in [3.8, 4) is 35.4 Å². The average molecular weight is 707 g/mol. The van der Waals surface area contributed by atoms with Crippen LogP contribution in [-0.4, -0.2) is 82.5 Å².